The Balaban J connectivity index is 1.70. The van der Waals surface area contributed by atoms with Crippen LogP contribution >= 0.6 is 0 Å². The third-order valence-electron chi connectivity index (χ3n) is 3.79. The molecule has 1 N–H and O–H groups in total. The largest absolute Gasteiger partial charge is 0.393 e. The molecule has 4 nitrogen and oxygen atoms in total. The maximum absolute atomic E-state index is 12.1. The lowest BCUT2D eigenvalue weighted by Gasteiger charge is -2.28. The number of aromatic nitrogens is 1. The van der Waals surface area contributed by atoms with Crippen molar-refractivity contribution in [2.45, 2.75) is 18.9 Å². The number of carbonyl (C=O) groups is 1. The monoisotopic (exact) mass is 282 g/mol. The molecule has 1 aliphatic rings. The van der Waals surface area contributed by atoms with Crippen molar-refractivity contribution in [3.8, 4) is 0 Å². The highest BCUT2D eigenvalue weighted by Gasteiger charge is 2.19. The van der Waals surface area contributed by atoms with Gasteiger partial charge in [0.2, 0.25) is 5.91 Å². The molecule has 1 amide bonds. The van der Waals surface area contributed by atoms with Gasteiger partial charge in [-0.25, -0.2) is 4.98 Å². The van der Waals surface area contributed by atoms with Crippen molar-refractivity contribution in [3.05, 3.63) is 48.2 Å². The van der Waals surface area contributed by atoms with E-state index in [1.54, 1.807) is 17.1 Å². The minimum absolute atomic E-state index is 0.0168. The zero-order chi connectivity index (χ0) is 14.7. The van der Waals surface area contributed by atoms with E-state index in [2.05, 4.69) is 4.98 Å². The number of para-hydroxylation sites is 1. The van der Waals surface area contributed by atoms with Crippen LogP contribution in [0.2, 0.25) is 0 Å². The molecule has 0 atom stereocenters. The van der Waals surface area contributed by atoms with E-state index in [1.807, 2.05) is 36.4 Å². The fourth-order valence-corrected chi connectivity index (χ4v) is 2.52. The van der Waals surface area contributed by atoms with E-state index in [-0.39, 0.29) is 12.0 Å². The molecule has 1 aromatic carbocycles. The maximum atomic E-state index is 12.1. The Labute approximate surface area is 123 Å². The van der Waals surface area contributed by atoms with E-state index < -0.39 is 0 Å². The number of aliphatic hydroxyl groups excluding tert-OH is 1. The van der Waals surface area contributed by atoms with Gasteiger partial charge in [0.15, 0.2) is 0 Å². The molecular weight excluding hydrogens is 264 g/mol. The Kier molecular flexibility index (Phi) is 3.97. The lowest BCUT2D eigenvalue weighted by Crippen LogP contribution is -2.39. The predicted octanol–water partition coefficient (Wildman–Crippen LogP) is 2.23. The Hall–Kier alpha value is -2.20. The number of hydrogen-bond acceptors (Lipinski definition) is 3. The summed E-state index contributed by atoms with van der Waals surface area (Å²) in [6.45, 7) is 1.24. The number of rotatable bonds is 2. The molecule has 4 heteroatoms. The van der Waals surface area contributed by atoms with Gasteiger partial charge < -0.3 is 10.0 Å². The van der Waals surface area contributed by atoms with Crippen LogP contribution < -0.4 is 0 Å². The molecule has 0 bridgehead atoms. The van der Waals surface area contributed by atoms with E-state index >= 15 is 0 Å². The molecule has 1 aliphatic heterocycles. The fourth-order valence-electron chi connectivity index (χ4n) is 2.52. The van der Waals surface area contributed by atoms with Crippen molar-refractivity contribution in [1.29, 1.82) is 0 Å². The number of hydrogen-bond donors (Lipinski definition) is 1. The number of aliphatic hydroxyl groups is 1. The van der Waals surface area contributed by atoms with E-state index in [0.717, 1.165) is 16.6 Å². The van der Waals surface area contributed by atoms with Crippen molar-refractivity contribution >= 4 is 22.9 Å². The van der Waals surface area contributed by atoms with Gasteiger partial charge in [0.05, 0.1) is 17.3 Å². The van der Waals surface area contributed by atoms with Crippen molar-refractivity contribution in [1.82, 2.24) is 9.88 Å². The van der Waals surface area contributed by atoms with Crippen LogP contribution in [0.1, 0.15) is 18.5 Å². The summed E-state index contributed by atoms with van der Waals surface area (Å²) in [4.78, 5) is 18.3. The molecule has 2 aromatic rings. The summed E-state index contributed by atoms with van der Waals surface area (Å²) in [6.07, 6.45) is 4.37. The van der Waals surface area contributed by atoms with Gasteiger partial charge in [0.25, 0.3) is 0 Å². The third kappa shape index (κ3) is 3.28. The van der Waals surface area contributed by atoms with Gasteiger partial charge in [0.1, 0.15) is 0 Å². The second-order valence-electron chi connectivity index (χ2n) is 5.32. The molecule has 1 fully saturated rings. The second-order valence-corrected chi connectivity index (χ2v) is 5.32. The van der Waals surface area contributed by atoms with Crippen LogP contribution in [0.5, 0.6) is 0 Å². The summed E-state index contributed by atoms with van der Waals surface area (Å²) < 4.78 is 0. The molecule has 0 unspecified atom stereocenters. The fraction of sp³-hybridized carbons (Fsp3) is 0.294. The molecule has 3 rings (SSSR count). The minimum atomic E-state index is -0.264. The normalized spacial score (nSPS) is 16.7. The molecule has 0 saturated carbocycles. The second kappa shape index (κ2) is 6.06. The van der Waals surface area contributed by atoms with Crippen LogP contribution in [0.3, 0.4) is 0 Å². The standard InChI is InChI=1S/C17H18N2O2/c20-15-9-11-19(12-10-15)17(21)8-7-14-6-5-13-3-1-2-4-16(13)18-14/h1-8,15,20H,9-12H2. The summed E-state index contributed by atoms with van der Waals surface area (Å²) in [7, 11) is 0. The first-order chi connectivity index (χ1) is 10.2. The van der Waals surface area contributed by atoms with E-state index in [4.69, 9.17) is 0 Å². The summed E-state index contributed by atoms with van der Waals surface area (Å²) in [5, 5.41) is 10.5. The van der Waals surface area contributed by atoms with E-state index in [0.29, 0.717) is 25.9 Å². The lowest BCUT2D eigenvalue weighted by atomic mass is 10.1. The van der Waals surface area contributed by atoms with E-state index in [9.17, 15) is 9.90 Å². The van der Waals surface area contributed by atoms with Crippen LogP contribution in [-0.4, -0.2) is 40.1 Å². The summed E-state index contributed by atoms with van der Waals surface area (Å²) in [5.41, 5.74) is 1.70. The van der Waals surface area contributed by atoms with Gasteiger partial charge >= 0.3 is 0 Å². The number of fused-ring (bicyclic) bond motifs is 1. The number of nitrogens with zero attached hydrogens (tertiary/aromatic N) is 2. The summed E-state index contributed by atoms with van der Waals surface area (Å²) >= 11 is 0. The SMILES string of the molecule is O=C(C=Cc1ccc2ccccc2n1)N1CCC(O)CC1. The number of benzene rings is 1. The average molecular weight is 282 g/mol. The Morgan fingerprint density at radius 1 is 1.19 bits per heavy atom. The predicted molar refractivity (Wildman–Crippen MR) is 82.6 cm³/mol. The first-order valence-corrected chi connectivity index (χ1v) is 7.23. The molecular formula is C17H18N2O2. The highest BCUT2D eigenvalue weighted by Crippen LogP contribution is 2.13. The molecule has 0 aliphatic carbocycles. The molecule has 1 aromatic heterocycles. The van der Waals surface area contributed by atoms with Crippen molar-refractivity contribution in [3.63, 3.8) is 0 Å². The molecule has 2 heterocycles. The number of pyridine rings is 1. The van der Waals surface area contributed by atoms with Gasteiger partial charge in [0, 0.05) is 24.6 Å². The van der Waals surface area contributed by atoms with Crippen LogP contribution in [0.25, 0.3) is 17.0 Å². The molecule has 0 spiro atoms. The maximum Gasteiger partial charge on any atom is 0.246 e. The number of piperidine rings is 1. The molecule has 108 valence electrons. The lowest BCUT2D eigenvalue weighted by molar-refractivity contribution is -0.127. The Bertz CT molecular complexity index is 673. The molecule has 0 radical (unpaired) electrons. The van der Waals surface area contributed by atoms with Gasteiger partial charge in [-0.1, -0.05) is 24.3 Å². The van der Waals surface area contributed by atoms with Crippen LogP contribution in [0.4, 0.5) is 0 Å². The van der Waals surface area contributed by atoms with Gasteiger partial charge in [-0.05, 0) is 31.1 Å². The van der Waals surface area contributed by atoms with Crippen molar-refractivity contribution in [2.75, 3.05) is 13.1 Å². The molecule has 21 heavy (non-hydrogen) atoms. The third-order valence-corrected chi connectivity index (χ3v) is 3.79. The Morgan fingerprint density at radius 3 is 2.76 bits per heavy atom. The highest BCUT2D eigenvalue weighted by atomic mass is 16.3. The van der Waals surface area contributed by atoms with Crippen molar-refractivity contribution < 1.29 is 9.90 Å². The first kappa shape index (κ1) is 13.8. The van der Waals surface area contributed by atoms with Crippen molar-refractivity contribution in [2.24, 2.45) is 0 Å². The quantitative estimate of drug-likeness (QED) is 0.859. The zero-order valence-corrected chi connectivity index (χ0v) is 11.8. The van der Waals surface area contributed by atoms with Crippen LogP contribution in [0.15, 0.2) is 42.5 Å². The zero-order valence-electron chi connectivity index (χ0n) is 11.8. The van der Waals surface area contributed by atoms with Gasteiger partial charge in [-0.15, -0.1) is 0 Å². The topological polar surface area (TPSA) is 53.4 Å². The summed E-state index contributed by atoms with van der Waals surface area (Å²) in [6, 6.07) is 11.8. The van der Waals surface area contributed by atoms with Gasteiger partial charge in [-0.2, -0.15) is 0 Å². The molecule has 1 saturated heterocycles. The Morgan fingerprint density at radius 2 is 1.95 bits per heavy atom. The minimum Gasteiger partial charge on any atom is -0.393 e. The van der Waals surface area contributed by atoms with Gasteiger partial charge in [-0.3, -0.25) is 4.79 Å². The first-order valence-electron chi connectivity index (χ1n) is 7.23. The smallest absolute Gasteiger partial charge is 0.246 e. The number of carbonyl (C=O) groups excluding carboxylic acids is 1. The van der Waals surface area contributed by atoms with E-state index in [1.165, 1.54) is 0 Å². The van der Waals surface area contributed by atoms with Crippen LogP contribution in [-0.2, 0) is 4.79 Å². The highest BCUT2D eigenvalue weighted by molar-refractivity contribution is 5.92. The van der Waals surface area contributed by atoms with Crippen LogP contribution in [0, 0.1) is 0 Å². The average Bonchev–Trinajstić information content (AvgIpc) is 2.53. The number of amides is 1. The summed E-state index contributed by atoms with van der Waals surface area (Å²) in [5.74, 6) is -0.0168. The number of likely N-dealkylation sites (tertiary alicyclic amines) is 1.